The molecule has 0 aromatic heterocycles. The van der Waals surface area contributed by atoms with Gasteiger partial charge in [0.15, 0.2) is 0 Å². The first-order chi connectivity index (χ1) is 10.5. The third-order valence-electron chi connectivity index (χ3n) is 5.32. The molecule has 22 heavy (non-hydrogen) atoms. The standard InChI is InChI=1S/C18H34N2O2/c1-13(2)10-17(19-16-5-4-14(3)11-16)18(22)20-8-6-15(12-21)7-9-20/h13-17,19,21H,4-12H2,1-3H3. The quantitative estimate of drug-likeness (QED) is 0.792. The zero-order valence-electron chi connectivity index (χ0n) is 14.6. The third kappa shape index (κ3) is 4.95. The number of piperidine rings is 1. The van der Waals surface area contributed by atoms with Crippen molar-refractivity contribution in [3.63, 3.8) is 0 Å². The van der Waals surface area contributed by atoms with Crippen LogP contribution in [0.5, 0.6) is 0 Å². The van der Waals surface area contributed by atoms with Crippen molar-refractivity contribution in [1.82, 2.24) is 10.2 Å². The van der Waals surface area contributed by atoms with Crippen LogP contribution in [-0.4, -0.2) is 47.7 Å². The Morgan fingerprint density at radius 3 is 2.41 bits per heavy atom. The summed E-state index contributed by atoms with van der Waals surface area (Å²) in [6.07, 6.45) is 6.49. The first-order valence-corrected chi connectivity index (χ1v) is 9.15. The highest BCUT2D eigenvalue weighted by Crippen LogP contribution is 2.26. The van der Waals surface area contributed by atoms with Crippen molar-refractivity contribution in [2.45, 2.75) is 71.4 Å². The number of rotatable bonds is 6. The van der Waals surface area contributed by atoms with Crippen molar-refractivity contribution < 1.29 is 9.90 Å². The number of amides is 1. The maximum Gasteiger partial charge on any atom is 0.239 e. The molecule has 4 nitrogen and oxygen atoms in total. The van der Waals surface area contributed by atoms with Crippen LogP contribution in [0.1, 0.15) is 59.3 Å². The summed E-state index contributed by atoms with van der Waals surface area (Å²) in [5.74, 6) is 1.98. The summed E-state index contributed by atoms with van der Waals surface area (Å²) in [7, 11) is 0. The Bertz CT molecular complexity index is 351. The summed E-state index contributed by atoms with van der Waals surface area (Å²) in [4.78, 5) is 14.9. The van der Waals surface area contributed by atoms with Crippen LogP contribution < -0.4 is 5.32 Å². The van der Waals surface area contributed by atoms with Crippen molar-refractivity contribution in [1.29, 1.82) is 0 Å². The van der Waals surface area contributed by atoms with E-state index in [0.29, 0.717) is 17.9 Å². The SMILES string of the molecule is CC(C)CC(NC1CCC(C)C1)C(=O)N1CCC(CO)CC1. The molecule has 1 aliphatic heterocycles. The number of aliphatic hydroxyl groups excluding tert-OH is 1. The molecule has 3 atom stereocenters. The average molecular weight is 310 g/mol. The Kier molecular flexibility index (Phi) is 6.69. The second kappa shape index (κ2) is 8.30. The molecule has 1 saturated carbocycles. The number of nitrogens with one attached hydrogen (secondary N) is 1. The zero-order chi connectivity index (χ0) is 16.1. The van der Waals surface area contributed by atoms with Gasteiger partial charge in [-0.25, -0.2) is 0 Å². The maximum atomic E-state index is 12.9. The Labute approximate surface area is 135 Å². The van der Waals surface area contributed by atoms with Crippen LogP contribution in [0.4, 0.5) is 0 Å². The number of likely N-dealkylation sites (tertiary alicyclic amines) is 1. The summed E-state index contributed by atoms with van der Waals surface area (Å²) in [6.45, 7) is 8.56. The molecule has 1 heterocycles. The minimum Gasteiger partial charge on any atom is -0.396 e. The fraction of sp³-hybridized carbons (Fsp3) is 0.944. The van der Waals surface area contributed by atoms with Crippen LogP contribution in [0.25, 0.3) is 0 Å². The van der Waals surface area contributed by atoms with Crippen LogP contribution in [0.3, 0.4) is 0 Å². The van der Waals surface area contributed by atoms with E-state index in [0.717, 1.165) is 38.3 Å². The topological polar surface area (TPSA) is 52.6 Å². The number of hydrogen-bond acceptors (Lipinski definition) is 3. The van der Waals surface area contributed by atoms with Gasteiger partial charge in [0.2, 0.25) is 5.91 Å². The first-order valence-electron chi connectivity index (χ1n) is 9.15. The zero-order valence-corrected chi connectivity index (χ0v) is 14.6. The van der Waals surface area contributed by atoms with E-state index >= 15 is 0 Å². The van der Waals surface area contributed by atoms with Crippen LogP contribution >= 0.6 is 0 Å². The molecule has 1 saturated heterocycles. The minimum atomic E-state index is -0.0269. The monoisotopic (exact) mass is 310 g/mol. The molecule has 4 heteroatoms. The molecule has 1 aliphatic carbocycles. The molecule has 0 aromatic rings. The van der Waals surface area contributed by atoms with Crippen LogP contribution in [0.15, 0.2) is 0 Å². The van der Waals surface area contributed by atoms with E-state index < -0.39 is 0 Å². The predicted octanol–water partition coefficient (Wildman–Crippen LogP) is 2.41. The molecule has 3 unspecified atom stereocenters. The minimum absolute atomic E-state index is 0.0269. The normalized spacial score (nSPS) is 28.3. The lowest BCUT2D eigenvalue weighted by Crippen LogP contribution is -2.52. The van der Waals surface area contributed by atoms with Gasteiger partial charge in [0.1, 0.15) is 0 Å². The van der Waals surface area contributed by atoms with Crippen molar-refractivity contribution in [3.05, 3.63) is 0 Å². The molecule has 2 aliphatic rings. The highest BCUT2D eigenvalue weighted by molar-refractivity contribution is 5.82. The van der Waals surface area contributed by atoms with Gasteiger partial charge in [-0.15, -0.1) is 0 Å². The molecule has 2 rings (SSSR count). The van der Waals surface area contributed by atoms with Crippen LogP contribution in [-0.2, 0) is 4.79 Å². The van der Waals surface area contributed by atoms with E-state index in [1.807, 2.05) is 4.90 Å². The van der Waals surface area contributed by atoms with Gasteiger partial charge in [0.05, 0.1) is 6.04 Å². The Balaban J connectivity index is 1.91. The van der Waals surface area contributed by atoms with E-state index in [4.69, 9.17) is 0 Å². The van der Waals surface area contributed by atoms with Gasteiger partial charge in [0.25, 0.3) is 0 Å². The Morgan fingerprint density at radius 1 is 1.23 bits per heavy atom. The van der Waals surface area contributed by atoms with Gasteiger partial charge in [0, 0.05) is 25.7 Å². The molecule has 128 valence electrons. The van der Waals surface area contributed by atoms with Crippen LogP contribution in [0.2, 0.25) is 0 Å². The fourth-order valence-corrected chi connectivity index (χ4v) is 3.91. The Hall–Kier alpha value is -0.610. The lowest BCUT2D eigenvalue weighted by Gasteiger charge is -2.35. The van der Waals surface area contributed by atoms with Gasteiger partial charge < -0.3 is 15.3 Å². The number of nitrogens with zero attached hydrogens (tertiary/aromatic N) is 1. The summed E-state index contributed by atoms with van der Waals surface area (Å²) in [5, 5.41) is 12.9. The van der Waals surface area contributed by atoms with Crippen molar-refractivity contribution in [2.75, 3.05) is 19.7 Å². The summed E-state index contributed by atoms with van der Waals surface area (Å²) in [6, 6.07) is 0.485. The molecule has 0 radical (unpaired) electrons. The summed E-state index contributed by atoms with van der Waals surface area (Å²) < 4.78 is 0. The third-order valence-corrected chi connectivity index (χ3v) is 5.32. The molecule has 0 bridgehead atoms. The molecule has 1 amide bonds. The first kappa shape index (κ1) is 17.7. The molecule has 0 aromatic carbocycles. The van der Waals surface area contributed by atoms with E-state index in [1.165, 1.54) is 19.3 Å². The van der Waals surface area contributed by atoms with Gasteiger partial charge in [-0.2, -0.15) is 0 Å². The summed E-state index contributed by atoms with van der Waals surface area (Å²) in [5.41, 5.74) is 0. The molecule has 2 fully saturated rings. The molecular weight excluding hydrogens is 276 g/mol. The van der Waals surface area contributed by atoms with E-state index in [2.05, 4.69) is 26.1 Å². The number of hydrogen-bond donors (Lipinski definition) is 2. The van der Waals surface area contributed by atoms with Crippen molar-refractivity contribution in [2.24, 2.45) is 17.8 Å². The van der Waals surface area contributed by atoms with E-state index in [1.54, 1.807) is 0 Å². The molecular formula is C18H34N2O2. The second-order valence-corrected chi connectivity index (χ2v) is 7.92. The second-order valence-electron chi connectivity index (χ2n) is 7.92. The van der Waals surface area contributed by atoms with E-state index in [9.17, 15) is 9.90 Å². The molecule has 2 N–H and O–H groups in total. The van der Waals surface area contributed by atoms with Gasteiger partial charge in [-0.1, -0.05) is 20.8 Å². The average Bonchev–Trinajstić information content (AvgIpc) is 2.90. The van der Waals surface area contributed by atoms with Gasteiger partial charge >= 0.3 is 0 Å². The Morgan fingerprint density at radius 2 is 1.91 bits per heavy atom. The largest absolute Gasteiger partial charge is 0.396 e. The van der Waals surface area contributed by atoms with Crippen molar-refractivity contribution in [3.8, 4) is 0 Å². The lowest BCUT2D eigenvalue weighted by atomic mass is 9.95. The number of carbonyl (C=O) groups is 1. The van der Waals surface area contributed by atoms with Crippen molar-refractivity contribution >= 4 is 5.91 Å². The van der Waals surface area contributed by atoms with Crippen LogP contribution in [0, 0.1) is 17.8 Å². The lowest BCUT2D eigenvalue weighted by molar-refractivity contribution is -0.135. The highest BCUT2D eigenvalue weighted by Gasteiger charge is 2.31. The predicted molar refractivity (Wildman–Crippen MR) is 89.6 cm³/mol. The number of aliphatic hydroxyl groups is 1. The van der Waals surface area contributed by atoms with E-state index in [-0.39, 0.29) is 18.6 Å². The van der Waals surface area contributed by atoms with Gasteiger partial charge in [-0.05, 0) is 56.3 Å². The van der Waals surface area contributed by atoms with Gasteiger partial charge in [-0.3, -0.25) is 4.79 Å². The fourth-order valence-electron chi connectivity index (χ4n) is 3.91. The summed E-state index contributed by atoms with van der Waals surface area (Å²) >= 11 is 0. The highest BCUT2D eigenvalue weighted by atomic mass is 16.3. The number of carbonyl (C=O) groups excluding carboxylic acids is 1. The maximum absolute atomic E-state index is 12.9. The smallest absolute Gasteiger partial charge is 0.239 e. The molecule has 0 spiro atoms.